The first-order chi connectivity index (χ1) is 6.34. The van der Waals surface area contributed by atoms with E-state index in [1.807, 2.05) is 0 Å². The van der Waals surface area contributed by atoms with Crippen LogP contribution in [0.1, 0.15) is 18.7 Å². The molecule has 0 spiro atoms. The van der Waals surface area contributed by atoms with Gasteiger partial charge in [0.25, 0.3) is 5.95 Å². The molecule has 0 aromatic carbocycles. The number of nitrogen functional groups attached to an aromatic ring is 1. The van der Waals surface area contributed by atoms with Crippen molar-refractivity contribution in [1.29, 1.82) is 0 Å². The summed E-state index contributed by atoms with van der Waals surface area (Å²) in [6.07, 6.45) is 3.07. The normalized spacial score (nSPS) is 23.2. The van der Waals surface area contributed by atoms with E-state index in [2.05, 4.69) is 10.1 Å². The van der Waals surface area contributed by atoms with Crippen molar-refractivity contribution in [1.82, 2.24) is 10.1 Å². The zero-order valence-corrected chi connectivity index (χ0v) is 7.40. The fourth-order valence-electron chi connectivity index (χ4n) is 1.57. The fourth-order valence-corrected chi connectivity index (χ4v) is 1.57. The third kappa shape index (κ3) is 2.18. The summed E-state index contributed by atoms with van der Waals surface area (Å²) < 4.78 is 10.3. The first-order valence-corrected chi connectivity index (χ1v) is 4.50. The van der Waals surface area contributed by atoms with E-state index in [4.69, 9.17) is 15.0 Å². The van der Waals surface area contributed by atoms with Gasteiger partial charge in [-0.05, 0) is 23.9 Å². The maximum atomic E-state index is 5.34. The minimum Gasteiger partial charge on any atom is -0.381 e. The molecule has 1 aromatic heterocycles. The first kappa shape index (κ1) is 8.50. The van der Waals surface area contributed by atoms with E-state index in [1.54, 1.807) is 0 Å². The molecule has 0 radical (unpaired) electrons. The van der Waals surface area contributed by atoms with Crippen molar-refractivity contribution >= 4 is 5.95 Å². The van der Waals surface area contributed by atoms with Crippen molar-refractivity contribution < 1.29 is 9.26 Å². The molecule has 0 aliphatic carbocycles. The Morgan fingerprint density at radius 1 is 1.54 bits per heavy atom. The molecule has 13 heavy (non-hydrogen) atoms. The van der Waals surface area contributed by atoms with Gasteiger partial charge in [0.15, 0.2) is 0 Å². The Kier molecular flexibility index (Phi) is 2.44. The molecule has 0 bridgehead atoms. The van der Waals surface area contributed by atoms with Crippen molar-refractivity contribution in [3.05, 3.63) is 5.89 Å². The molecular formula is C8H13N3O2. The van der Waals surface area contributed by atoms with Crippen LogP contribution < -0.4 is 5.73 Å². The van der Waals surface area contributed by atoms with Gasteiger partial charge in [-0.15, -0.1) is 0 Å². The molecule has 5 heteroatoms. The van der Waals surface area contributed by atoms with Crippen LogP contribution >= 0.6 is 0 Å². The molecule has 1 aliphatic heterocycles. The highest BCUT2D eigenvalue weighted by Crippen LogP contribution is 2.17. The second-order valence-electron chi connectivity index (χ2n) is 3.33. The smallest absolute Gasteiger partial charge is 0.260 e. The number of ether oxygens (including phenoxy) is 1. The van der Waals surface area contributed by atoms with Crippen LogP contribution in [0.3, 0.4) is 0 Å². The SMILES string of the molecule is Nc1noc(CC2CCCOC2)n1. The van der Waals surface area contributed by atoms with E-state index in [0.29, 0.717) is 11.8 Å². The molecule has 5 nitrogen and oxygen atoms in total. The Hall–Kier alpha value is -1.10. The van der Waals surface area contributed by atoms with Crippen LogP contribution in [0.5, 0.6) is 0 Å². The summed E-state index contributed by atoms with van der Waals surface area (Å²) in [6, 6.07) is 0. The number of aromatic nitrogens is 2. The van der Waals surface area contributed by atoms with Gasteiger partial charge in [-0.3, -0.25) is 0 Å². The third-order valence-corrected chi connectivity index (χ3v) is 2.20. The number of nitrogens with zero attached hydrogens (tertiary/aromatic N) is 2. The number of hydrogen-bond donors (Lipinski definition) is 1. The number of anilines is 1. The van der Waals surface area contributed by atoms with Gasteiger partial charge >= 0.3 is 0 Å². The second kappa shape index (κ2) is 3.74. The Bertz CT molecular complexity index is 268. The maximum Gasteiger partial charge on any atom is 0.260 e. The second-order valence-corrected chi connectivity index (χ2v) is 3.33. The molecule has 1 atom stereocenters. The maximum absolute atomic E-state index is 5.34. The van der Waals surface area contributed by atoms with Crippen LogP contribution in [-0.2, 0) is 11.2 Å². The van der Waals surface area contributed by atoms with Gasteiger partial charge in [0.2, 0.25) is 5.89 Å². The number of hydrogen-bond acceptors (Lipinski definition) is 5. The topological polar surface area (TPSA) is 74.2 Å². The predicted molar refractivity (Wildman–Crippen MR) is 46.0 cm³/mol. The van der Waals surface area contributed by atoms with E-state index in [0.717, 1.165) is 26.1 Å². The lowest BCUT2D eigenvalue weighted by Gasteiger charge is -2.19. The molecule has 1 fully saturated rings. The van der Waals surface area contributed by atoms with E-state index < -0.39 is 0 Å². The Balaban J connectivity index is 1.89. The van der Waals surface area contributed by atoms with Crippen LogP contribution in [0.2, 0.25) is 0 Å². The summed E-state index contributed by atoms with van der Waals surface area (Å²) in [7, 11) is 0. The molecule has 1 unspecified atom stereocenters. The van der Waals surface area contributed by atoms with Gasteiger partial charge in [-0.25, -0.2) is 0 Å². The molecule has 2 N–H and O–H groups in total. The number of nitrogens with two attached hydrogens (primary N) is 1. The summed E-state index contributed by atoms with van der Waals surface area (Å²) in [4.78, 5) is 3.95. The summed E-state index contributed by atoms with van der Waals surface area (Å²) in [5, 5.41) is 3.53. The van der Waals surface area contributed by atoms with Crippen LogP contribution in [0.25, 0.3) is 0 Å². The third-order valence-electron chi connectivity index (χ3n) is 2.20. The standard InChI is InChI=1S/C8H13N3O2/c9-8-10-7(13-11-8)4-6-2-1-3-12-5-6/h6H,1-5H2,(H2,9,11). The van der Waals surface area contributed by atoms with Crippen molar-refractivity contribution in [2.24, 2.45) is 5.92 Å². The Morgan fingerprint density at radius 2 is 2.46 bits per heavy atom. The summed E-state index contributed by atoms with van der Waals surface area (Å²) in [5.74, 6) is 1.34. The van der Waals surface area contributed by atoms with Crippen LogP contribution in [0.4, 0.5) is 5.95 Å². The average molecular weight is 183 g/mol. The van der Waals surface area contributed by atoms with E-state index >= 15 is 0 Å². The summed E-state index contributed by atoms with van der Waals surface area (Å²) in [6.45, 7) is 1.67. The van der Waals surface area contributed by atoms with Crippen molar-refractivity contribution in [3.8, 4) is 0 Å². The van der Waals surface area contributed by atoms with E-state index in [9.17, 15) is 0 Å². The summed E-state index contributed by atoms with van der Waals surface area (Å²) >= 11 is 0. The van der Waals surface area contributed by atoms with Gasteiger partial charge in [-0.1, -0.05) is 0 Å². The van der Waals surface area contributed by atoms with Gasteiger partial charge in [0.05, 0.1) is 0 Å². The highest BCUT2D eigenvalue weighted by atomic mass is 16.5. The Labute approximate surface area is 76.3 Å². The minimum atomic E-state index is 0.215. The molecule has 2 heterocycles. The van der Waals surface area contributed by atoms with E-state index in [1.165, 1.54) is 6.42 Å². The zero-order chi connectivity index (χ0) is 9.10. The molecule has 0 amide bonds. The van der Waals surface area contributed by atoms with Crippen molar-refractivity contribution in [2.75, 3.05) is 18.9 Å². The molecular weight excluding hydrogens is 170 g/mol. The van der Waals surface area contributed by atoms with Gasteiger partial charge in [0, 0.05) is 19.6 Å². The van der Waals surface area contributed by atoms with Crippen LogP contribution in [0, 0.1) is 5.92 Å². The Morgan fingerprint density at radius 3 is 3.08 bits per heavy atom. The average Bonchev–Trinajstić information content (AvgIpc) is 2.53. The highest BCUT2D eigenvalue weighted by molar-refractivity contribution is 5.10. The first-order valence-electron chi connectivity index (χ1n) is 4.50. The van der Waals surface area contributed by atoms with Gasteiger partial charge in [0.1, 0.15) is 0 Å². The lowest BCUT2D eigenvalue weighted by atomic mass is 9.99. The molecule has 2 rings (SSSR count). The van der Waals surface area contributed by atoms with Gasteiger partial charge in [-0.2, -0.15) is 4.98 Å². The quantitative estimate of drug-likeness (QED) is 0.727. The largest absolute Gasteiger partial charge is 0.381 e. The van der Waals surface area contributed by atoms with Crippen molar-refractivity contribution in [3.63, 3.8) is 0 Å². The predicted octanol–water partition coefficient (Wildman–Crippen LogP) is 0.621. The van der Waals surface area contributed by atoms with Crippen molar-refractivity contribution in [2.45, 2.75) is 19.3 Å². The highest BCUT2D eigenvalue weighted by Gasteiger charge is 2.17. The fraction of sp³-hybridized carbons (Fsp3) is 0.750. The van der Waals surface area contributed by atoms with Crippen LogP contribution in [-0.4, -0.2) is 23.4 Å². The minimum absolute atomic E-state index is 0.215. The van der Waals surface area contributed by atoms with Gasteiger partial charge < -0.3 is 15.0 Å². The lowest BCUT2D eigenvalue weighted by molar-refractivity contribution is 0.0520. The van der Waals surface area contributed by atoms with E-state index in [-0.39, 0.29) is 5.95 Å². The van der Waals surface area contributed by atoms with Crippen LogP contribution in [0.15, 0.2) is 4.52 Å². The zero-order valence-electron chi connectivity index (χ0n) is 7.40. The molecule has 1 saturated heterocycles. The molecule has 1 aliphatic rings. The number of rotatable bonds is 2. The molecule has 0 saturated carbocycles. The molecule has 1 aromatic rings. The molecule has 72 valence electrons. The summed E-state index contributed by atoms with van der Waals surface area (Å²) in [5.41, 5.74) is 5.34. The lowest BCUT2D eigenvalue weighted by Crippen LogP contribution is -2.19. The monoisotopic (exact) mass is 183 g/mol.